The first-order valence-corrected chi connectivity index (χ1v) is 3.95. The van der Waals surface area contributed by atoms with E-state index in [1.54, 1.807) is 0 Å². The van der Waals surface area contributed by atoms with Crippen LogP contribution in [-0.4, -0.2) is 29.9 Å². The van der Waals surface area contributed by atoms with Gasteiger partial charge in [-0.25, -0.2) is 0 Å². The molecule has 1 atom stereocenters. The number of carboxylic acids is 1. The van der Waals surface area contributed by atoms with Crippen LogP contribution < -0.4 is 0 Å². The molecule has 61 valence electrons. The molecule has 0 heterocycles. The number of carbonyl (C=O) groups is 1. The maximum atomic E-state index is 10.4. The molecule has 0 aliphatic rings. The van der Waals surface area contributed by atoms with Gasteiger partial charge in [0.1, 0.15) is 0 Å². The van der Waals surface area contributed by atoms with Crippen molar-refractivity contribution < 1.29 is 9.90 Å². The second-order valence-electron chi connectivity index (χ2n) is 2.59. The van der Waals surface area contributed by atoms with Gasteiger partial charge < -0.3 is 5.11 Å². The second kappa shape index (κ2) is 8.17. The molecule has 0 fully saturated rings. The van der Waals surface area contributed by atoms with E-state index in [1.165, 1.54) is 0 Å². The zero-order valence-electron chi connectivity index (χ0n) is 7.76. The summed E-state index contributed by atoms with van der Waals surface area (Å²) >= 11 is 0. The maximum Gasteiger partial charge on any atom is 0.306 e. The molecule has 0 aromatic heterocycles. The summed E-state index contributed by atoms with van der Waals surface area (Å²) in [4.78, 5) is 10.4. The molecule has 1 unspecified atom stereocenters. The van der Waals surface area contributed by atoms with Crippen LogP contribution in [0.3, 0.4) is 0 Å². The van der Waals surface area contributed by atoms with Crippen LogP contribution in [0.4, 0.5) is 0 Å². The Morgan fingerprint density at radius 1 is 1.45 bits per heavy atom. The van der Waals surface area contributed by atoms with Crippen LogP contribution in [-0.2, 0) is 4.79 Å². The van der Waals surface area contributed by atoms with Crippen LogP contribution >= 0.6 is 0 Å². The largest absolute Gasteiger partial charge is 0.481 e. The van der Waals surface area contributed by atoms with Crippen LogP contribution in [0.15, 0.2) is 0 Å². The van der Waals surface area contributed by atoms with E-state index in [1.807, 2.05) is 6.92 Å². The summed E-state index contributed by atoms with van der Waals surface area (Å²) in [6.07, 6.45) is 3.71. The van der Waals surface area contributed by atoms with Crippen molar-refractivity contribution in [1.82, 2.24) is 0 Å². The van der Waals surface area contributed by atoms with Crippen LogP contribution in [0.1, 0.15) is 39.5 Å². The first-order valence-electron chi connectivity index (χ1n) is 3.95. The first-order chi connectivity index (χ1) is 4.72. The number of rotatable bonds is 5. The Kier molecular flexibility index (Phi) is 10.1. The zero-order valence-corrected chi connectivity index (χ0v) is 7.76. The van der Waals surface area contributed by atoms with Gasteiger partial charge >= 0.3 is 5.97 Å². The molecule has 3 heteroatoms. The summed E-state index contributed by atoms with van der Waals surface area (Å²) < 4.78 is 0. The van der Waals surface area contributed by atoms with Gasteiger partial charge in [0, 0.05) is 18.9 Å². The quantitative estimate of drug-likeness (QED) is 0.609. The molecule has 2 nitrogen and oxygen atoms in total. The van der Waals surface area contributed by atoms with Crippen LogP contribution in [0.5, 0.6) is 0 Å². The number of carboxylic acid groups (broad SMARTS) is 1. The summed E-state index contributed by atoms with van der Waals surface area (Å²) in [6, 6.07) is 0. The van der Waals surface area contributed by atoms with Crippen LogP contribution in [0.25, 0.3) is 0 Å². The molecule has 11 heavy (non-hydrogen) atoms. The Morgan fingerprint density at radius 3 is 2.27 bits per heavy atom. The normalized spacial score (nSPS) is 11.8. The number of aliphatic carboxylic acids is 1. The number of hydrogen-bond acceptors (Lipinski definition) is 1. The summed E-state index contributed by atoms with van der Waals surface area (Å²) in [5, 5.41) is 8.60. The summed E-state index contributed by atoms with van der Waals surface area (Å²) in [5.74, 6) is -0.754. The Bertz CT molecular complexity index is 104. The molecule has 0 rings (SSSR count). The minimum atomic E-state index is -0.643. The molecule has 1 N–H and O–H groups in total. The fourth-order valence-electron chi connectivity index (χ4n) is 0.953. The molecular formula is C8H16LiO2. The topological polar surface area (TPSA) is 37.3 Å². The van der Waals surface area contributed by atoms with Crippen LogP contribution in [0.2, 0.25) is 0 Å². The molecule has 0 aliphatic carbocycles. The minimum absolute atomic E-state index is 0. The van der Waals surface area contributed by atoms with Crippen molar-refractivity contribution in [3.63, 3.8) is 0 Å². The monoisotopic (exact) mass is 151 g/mol. The minimum Gasteiger partial charge on any atom is -0.481 e. The summed E-state index contributed by atoms with van der Waals surface area (Å²) in [7, 11) is 0. The van der Waals surface area contributed by atoms with Crippen molar-refractivity contribution >= 4 is 24.8 Å². The van der Waals surface area contributed by atoms with Crippen molar-refractivity contribution in [3.05, 3.63) is 0 Å². The van der Waals surface area contributed by atoms with Gasteiger partial charge in [-0.2, -0.15) is 0 Å². The van der Waals surface area contributed by atoms with Crippen LogP contribution in [0, 0.1) is 5.92 Å². The van der Waals surface area contributed by atoms with Gasteiger partial charge in [-0.3, -0.25) is 4.79 Å². The second-order valence-corrected chi connectivity index (χ2v) is 2.59. The number of hydrogen-bond donors (Lipinski definition) is 1. The Labute approximate surface area is 80.5 Å². The Hall–Kier alpha value is 0.0674. The maximum absolute atomic E-state index is 10.4. The van der Waals surface area contributed by atoms with Gasteiger partial charge in [0.25, 0.3) is 0 Å². The van der Waals surface area contributed by atoms with E-state index >= 15 is 0 Å². The van der Waals surface area contributed by atoms with Gasteiger partial charge in [0.2, 0.25) is 0 Å². The Morgan fingerprint density at radius 2 is 2.00 bits per heavy atom. The fraction of sp³-hybridized carbons (Fsp3) is 0.875. The van der Waals surface area contributed by atoms with Gasteiger partial charge in [-0.1, -0.05) is 26.7 Å². The Balaban J connectivity index is 0. The SMILES string of the molecule is CCCCC(CC)C(=O)O.[Li]. The molecule has 0 amide bonds. The van der Waals surface area contributed by atoms with E-state index in [0.29, 0.717) is 0 Å². The van der Waals surface area contributed by atoms with Gasteiger partial charge in [-0.05, 0) is 12.8 Å². The molecule has 1 radical (unpaired) electrons. The van der Waals surface area contributed by atoms with E-state index in [9.17, 15) is 4.79 Å². The molecule has 0 aliphatic heterocycles. The number of unbranched alkanes of at least 4 members (excludes halogenated alkanes) is 1. The molecule has 0 saturated carbocycles. The predicted octanol–water partition coefficient (Wildman–Crippen LogP) is 1.91. The van der Waals surface area contributed by atoms with E-state index in [2.05, 4.69) is 6.92 Å². The molecular weight excluding hydrogens is 135 g/mol. The predicted molar refractivity (Wildman–Crippen MR) is 46.7 cm³/mol. The third-order valence-electron chi connectivity index (χ3n) is 1.75. The van der Waals surface area contributed by atoms with Gasteiger partial charge in [0.05, 0.1) is 5.92 Å². The van der Waals surface area contributed by atoms with Crippen molar-refractivity contribution in [3.8, 4) is 0 Å². The fourth-order valence-corrected chi connectivity index (χ4v) is 0.953. The third kappa shape index (κ3) is 6.46. The van der Waals surface area contributed by atoms with E-state index in [0.717, 1.165) is 25.7 Å². The average molecular weight is 151 g/mol. The molecule has 0 bridgehead atoms. The molecule has 0 spiro atoms. The first kappa shape index (κ1) is 13.6. The van der Waals surface area contributed by atoms with Crippen molar-refractivity contribution in [2.75, 3.05) is 0 Å². The average Bonchev–Trinajstić information content (AvgIpc) is 1.89. The van der Waals surface area contributed by atoms with E-state index in [4.69, 9.17) is 5.11 Å². The summed E-state index contributed by atoms with van der Waals surface area (Å²) in [5.41, 5.74) is 0. The van der Waals surface area contributed by atoms with Crippen molar-refractivity contribution in [2.45, 2.75) is 39.5 Å². The van der Waals surface area contributed by atoms with E-state index in [-0.39, 0.29) is 24.8 Å². The zero-order chi connectivity index (χ0) is 7.98. The van der Waals surface area contributed by atoms with Crippen molar-refractivity contribution in [1.29, 1.82) is 0 Å². The van der Waals surface area contributed by atoms with Gasteiger partial charge in [0.15, 0.2) is 0 Å². The van der Waals surface area contributed by atoms with E-state index < -0.39 is 5.97 Å². The molecule has 0 aromatic carbocycles. The molecule has 0 aromatic rings. The third-order valence-corrected chi connectivity index (χ3v) is 1.75. The van der Waals surface area contributed by atoms with Crippen molar-refractivity contribution in [2.24, 2.45) is 5.92 Å². The van der Waals surface area contributed by atoms with Gasteiger partial charge in [-0.15, -0.1) is 0 Å². The molecule has 0 saturated heterocycles. The smallest absolute Gasteiger partial charge is 0.306 e. The standard InChI is InChI=1S/C8H16O2.Li/c1-3-5-6-7(4-2)8(9)10;/h7H,3-6H2,1-2H3,(H,9,10);. The summed E-state index contributed by atoms with van der Waals surface area (Å²) in [6.45, 7) is 4.00.